The Morgan fingerprint density at radius 2 is 2.21 bits per heavy atom. The van der Waals surface area contributed by atoms with E-state index < -0.39 is 0 Å². The van der Waals surface area contributed by atoms with Crippen molar-refractivity contribution >= 4 is 5.91 Å². The molecule has 19 heavy (non-hydrogen) atoms. The molecule has 1 amide bonds. The molecule has 2 heterocycles. The molecular formula is C11H17N7O. The molecule has 0 saturated heterocycles. The van der Waals surface area contributed by atoms with Crippen LogP contribution in [0.4, 0.5) is 0 Å². The molecule has 0 aliphatic carbocycles. The van der Waals surface area contributed by atoms with Crippen molar-refractivity contribution in [3.8, 4) is 0 Å². The van der Waals surface area contributed by atoms with Gasteiger partial charge in [-0.3, -0.25) is 15.0 Å². The molecule has 0 unspecified atom stereocenters. The lowest BCUT2D eigenvalue weighted by atomic mass is 10.3. The lowest BCUT2D eigenvalue weighted by molar-refractivity contribution is 0.0943. The van der Waals surface area contributed by atoms with Crippen LogP contribution < -0.4 is 5.32 Å². The summed E-state index contributed by atoms with van der Waals surface area (Å²) >= 11 is 0. The first-order valence-corrected chi connectivity index (χ1v) is 6.33. The van der Waals surface area contributed by atoms with Gasteiger partial charge in [-0.25, -0.2) is 9.97 Å². The maximum Gasteiger partial charge on any atom is 0.290 e. The molecule has 2 aromatic heterocycles. The fraction of sp³-hybridized carbons (Fsp3) is 0.545. The van der Waals surface area contributed by atoms with Crippen molar-refractivity contribution in [2.75, 3.05) is 6.54 Å². The zero-order valence-corrected chi connectivity index (χ0v) is 10.8. The minimum absolute atomic E-state index is 0.197. The fourth-order valence-corrected chi connectivity index (χ4v) is 1.63. The summed E-state index contributed by atoms with van der Waals surface area (Å²) in [5, 5.41) is 15.9. The molecule has 2 aromatic rings. The van der Waals surface area contributed by atoms with E-state index in [4.69, 9.17) is 0 Å². The average molecular weight is 263 g/mol. The van der Waals surface area contributed by atoms with Crippen molar-refractivity contribution in [2.45, 2.75) is 32.6 Å². The molecule has 0 bridgehead atoms. The van der Waals surface area contributed by atoms with E-state index in [1.165, 1.54) is 6.33 Å². The maximum atomic E-state index is 11.7. The highest BCUT2D eigenvalue weighted by Crippen LogP contribution is 1.97. The average Bonchev–Trinajstić information content (AvgIpc) is 3.06. The lowest BCUT2D eigenvalue weighted by Gasteiger charge is -2.00. The van der Waals surface area contributed by atoms with E-state index in [9.17, 15) is 4.79 Å². The molecule has 8 nitrogen and oxygen atoms in total. The largest absolute Gasteiger partial charge is 0.349 e. The first-order valence-electron chi connectivity index (χ1n) is 6.33. The fourth-order valence-electron chi connectivity index (χ4n) is 1.63. The van der Waals surface area contributed by atoms with Crippen LogP contribution in [0.5, 0.6) is 0 Å². The van der Waals surface area contributed by atoms with E-state index in [-0.39, 0.29) is 11.7 Å². The van der Waals surface area contributed by atoms with Crippen LogP contribution >= 0.6 is 0 Å². The Hall–Kier alpha value is -2.25. The van der Waals surface area contributed by atoms with Crippen molar-refractivity contribution in [1.82, 2.24) is 35.7 Å². The highest BCUT2D eigenvalue weighted by molar-refractivity contribution is 5.90. The van der Waals surface area contributed by atoms with E-state index in [0.29, 0.717) is 6.54 Å². The zero-order chi connectivity index (χ0) is 13.5. The van der Waals surface area contributed by atoms with Gasteiger partial charge < -0.3 is 5.32 Å². The summed E-state index contributed by atoms with van der Waals surface area (Å²) < 4.78 is 0. The molecule has 0 radical (unpaired) electrons. The van der Waals surface area contributed by atoms with E-state index in [1.54, 1.807) is 0 Å². The van der Waals surface area contributed by atoms with Crippen molar-refractivity contribution in [1.29, 1.82) is 0 Å². The first-order chi connectivity index (χ1) is 9.29. The quantitative estimate of drug-likeness (QED) is 0.619. The predicted octanol–water partition coefficient (Wildman–Crippen LogP) is 0.238. The van der Waals surface area contributed by atoms with Crippen LogP contribution in [0.15, 0.2) is 6.33 Å². The Morgan fingerprint density at radius 1 is 1.32 bits per heavy atom. The van der Waals surface area contributed by atoms with Gasteiger partial charge in [-0.2, -0.15) is 5.10 Å². The molecule has 0 atom stereocenters. The number of hydrogen-bond acceptors (Lipinski definition) is 5. The van der Waals surface area contributed by atoms with Gasteiger partial charge in [0, 0.05) is 19.4 Å². The monoisotopic (exact) mass is 263 g/mol. The third-order valence-electron chi connectivity index (χ3n) is 2.56. The molecular weight excluding hydrogens is 246 g/mol. The zero-order valence-electron chi connectivity index (χ0n) is 10.8. The van der Waals surface area contributed by atoms with Gasteiger partial charge >= 0.3 is 0 Å². The number of aromatic nitrogens is 6. The third-order valence-corrected chi connectivity index (χ3v) is 2.56. The molecule has 0 saturated carbocycles. The first kappa shape index (κ1) is 13.2. The van der Waals surface area contributed by atoms with Gasteiger partial charge in [-0.15, -0.1) is 5.10 Å². The van der Waals surface area contributed by atoms with E-state index in [0.717, 1.165) is 37.3 Å². The van der Waals surface area contributed by atoms with Gasteiger partial charge in [0.15, 0.2) is 0 Å². The summed E-state index contributed by atoms with van der Waals surface area (Å²) in [7, 11) is 0. The molecule has 0 aromatic carbocycles. The molecule has 0 aliphatic heterocycles. The van der Waals surface area contributed by atoms with Crippen LogP contribution in [0.25, 0.3) is 0 Å². The van der Waals surface area contributed by atoms with Gasteiger partial charge in [0.2, 0.25) is 5.82 Å². The number of nitrogens with zero attached hydrogens (tertiary/aromatic N) is 4. The van der Waals surface area contributed by atoms with Gasteiger partial charge in [0.25, 0.3) is 5.91 Å². The number of carbonyl (C=O) groups is 1. The summed E-state index contributed by atoms with van der Waals surface area (Å²) in [6, 6.07) is 0. The van der Waals surface area contributed by atoms with Crippen LogP contribution in [0.2, 0.25) is 0 Å². The second-order valence-electron chi connectivity index (χ2n) is 4.15. The summed E-state index contributed by atoms with van der Waals surface area (Å²) in [5.74, 6) is 1.51. The number of nitrogens with one attached hydrogen (secondary N) is 3. The highest BCUT2D eigenvalue weighted by atomic mass is 16.2. The number of aromatic amines is 2. The highest BCUT2D eigenvalue weighted by Gasteiger charge is 2.11. The van der Waals surface area contributed by atoms with Crippen LogP contribution in [0.1, 0.15) is 42.0 Å². The maximum absolute atomic E-state index is 11.7. The predicted molar refractivity (Wildman–Crippen MR) is 67.4 cm³/mol. The summed E-state index contributed by atoms with van der Waals surface area (Å²) in [5.41, 5.74) is 0. The standard InChI is InChI=1S/C11H17N7O/c1-2-4-9-15-10(18-17-9)11(19)12-6-3-5-8-13-7-14-16-8/h7H,2-6H2,1H3,(H,12,19)(H,13,14,16)(H,15,17,18). The van der Waals surface area contributed by atoms with Crippen molar-refractivity contribution in [3.05, 3.63) is 23.8 Å². The Labute approximate surface area is 110 Å². The molecule has 0 spiro atoms. The van der Waals surface area contributed by atoms with Crippen LogP contribution in [0, 0.1) is 0 Å². The van der Waals surface area contributed by atoms with E-state index >= 15 is 0 Å². The summed E-state index contributed by atoms with van der Waals surface area (Å²) in [6.45, 7) is 2.60. The summed E-state index contributed by atoms with van der Waals surface area (Å²) in [6.07, 6.45) is 4.76. The Kier molecular flexibility index (Phi) is 4.60. The van der Waals surface area contributed by atoms with Gasteiger partial charge in [0.05, 0.1) is 0 Å². The molecule has 8 heteroatoms. The van der Waals surface area contributed by atoms with Crippen LogP contribution in [0.3, 0.4) is 0 Å². The Balaban J connectivity index is 1.71. The topological polar surface area (TPSA) is 112 Å². The summed E-state index contributed by atoms with van der Waals surface area (Å²) in [4.78, 5) is 19.9. The number of H-pyrrole nitrogens is 2. The third kappa shape index (κ3) is 3.87. The molecule has 102 valence electrons. The van der Waals surface area contributed by atoms with Crippen LogP contribution in [-0.4, -0.2) is 42.8 Å². The van der Waals surface area contributed by atoms with Gasteiger partial charge in [-0.1, -0.05) is 6.92 Å². The second kappa shape index (κ2) is 6.62. The smallest absolute Gasteiger partial charge is 0.290 e. The second-order valence-corrected chi connectivity index (χ2v) is 4.15. The number of aryl methyl sites for hydroxylation is 2. The van der Waals surface area contributed by atoms with Crippen molar-refractivity contribution in [3.63, 3.8) is 0 Å². The van der Waals surface area contributed by atoms with Crippen molar-refractivity contribution < 1.29 is 4.79 Å². The molecule has 3 N–H and O–H groups in total. The van der Waals surface area contributed by atoms with Gasteiger partial charge in [0.1, 0.15) is 18.0 Å². The normalized spacial score (nSPS) is 10.6. The Morgan fingerprint density at radius 3 is 2.95 bits per heavy atom. The number of carbonyl (C=O) groups excluding carboxylic acids is 1. The minimum atomic E-state index is -0.254. The van der Waals surface area contributed by atoms with E-state index in [1.807, 2.05) is 6.92 Å². The SMILES string of the molecule is CCCc1nc(C(=O)NCCCc2ncn[nH]2)n[nH]1. The molecule has 2 rings (SSSR count). The number of rotatable bonds is 7. The number of amides is 1. The number of hydrogen-bond donors (Lipinski definition) is 3. The Bertz CT molecular complexity index is 505. The van der Waals surface area contributed by atoms with Gasteiger partial charge in [-0.05, 0) is 12.8 Å². The van der Waals surface area contributed by atoms with Crippen molar-refractivity contribution in [2.24, 2.45) is 0 Å². The van der Waals surface area contributed by atoms with Crippen LogP contribution in [-0.2, 0) is 12.8 Å². The van der Waals surface area contributed by atoms with E-state index in [2.05, 4.69) is 35.7 Å². The molecule has 0 fully saturated rings. The molecule has 0 aliphatic rings. The lowest BCUT2D eigenvalue weighted by Crippen LogP contribution is -2.26. The minimum Gasteiger partial charge on any atom is -0.349 e.